The topological polar surface area (TPSA) is 60.2 Å². The van der Waals surface area contributed by atoms with Gasteiger partial charge in [0, 0.05) is 12.1 Å². The molecule has 168 valence electrons. The summed E-state index contributed by atoms with van der Waals surface area (Å²) in [6, 6.07) is 13.7. The van der Waals surface area contributed by atoms with Crippen LogP contribution in [0.25, 0.3) is 26.5 Å². The molecule has 2 aliphatic heterocycles. The van der Waals surface area contributed by atoms with Gasteiger partial charge in [-0.15, -0.1) is 11.3 Å². The van der Waals surface area contributed by atoms with Crippen LogP contribution < -0.4 is 10.3 Å². The van der Waals surface area contributed by atoms with Crippen LogP contribution in [0.5, 0.6) is 5.75 Å². The molecule has 3 aromatic heterocycles. The summed E-state index contributed by atoms with van der Waals surface area (Å²) in [6.45, 7) is 0. The van der Waals surface area contributed by atoms with E-state index in [-0.39, 0.29) is 11.7 Å². The van der Waals surface area contributed by atoms with Crippen LogP contribution in [0.15, 0.2) is 59.8 Å². The van der Waals surface area contributed by atoms with Gasteiger partial charge in [-0.3, -0.25) is 14.3 Å². The molecule has 0 amide bonds. The van der Waals surface area contributed by atoms with Gasteiger partial charge in [0.1, 0.15) is 28.7 Å². The molecule has 0 spiro atoms. The SMILES string of the molecule is CN1[C@@H]2CC[C@H]1CC(Oc1ccc(-n3cnc4cc(-c5ccc(F)cn5)sc4c3=O)cc1)C2. The predicted molar refractivity (Wildman–Crippen MR) is 127 cm³/mol. The maximum absolute atomic E-state index is 13.2. The summed E-state index contributed by atoms with van der Waals surface area (Å²) in [4.78, 5) is 25.0. The van der Waals surface area contributed by atoms with Crippen molar-refractivity contribution in [3.05, 3.63) is 71.2 Å². The van der Waals surface area contributed by atoms with Gasteiger partial charge in [0.15, 0.2) is 0 Å². The molecule has 2 bridgehead atoms. The van der Waals surface area contributed by atoms with Gasteiger partial charge in [-0.05, 0) is 75.2 Å². The van der Waals surface area contributed by atoms with Crippen LogP contribution in [0.3, 0.4) is 0 Å². The van der Waals surface area contributed by atoms with Gasteiger partial charge in [-0.25, -0.2) is 9.37 Å². The highest BCUT2D eigenvalue weighted by atomic mass is 32.1. The third kappa shape index (κ3) is 3.73. The molecule has 1 unspecified atom stereocenters. The third-order valence-corrected chi connectivity index (χ3v) is 8.03. The first-order valence-electron chi connectivity index (χ1n) is 11.2. The number of hydrogen-bond donors (Lipinski definition) is 0. The second-order valence-corrected chi connectivity index (χ2v) is 9.91. The van der Waals surface area contributed by atoms with Gasteiger partial charge in [0.05, 0.1) is 28.0 Å². The minimum atomic E-state index is -0.393. The monoisotopic (exact) mass is 462 g/mol. The van der Waals surface area contributed by atoms with E-state index in [1.807, 2.05) is 30.3 Å². The zero-order valence-electron chi connectivity index (χ0n) is 18.1. The van der Waals surface area contributed by atoms with E-state index in [1.54, 1.807) is 17.0 Å². The minimum absolute atomic E-state index is 0.140. The lowest BCUT2D eigenvalue weighted by Crippen LogP contribution is -2.43. The highest BCUT2D eigenvalue weighted by molar-refractivity contribution is 7.22. The van der Waals surface area contributed by atoms with Crippen LogP contribution in [0.1, 0.15) is 25.7 Å². The lowest BCUT2D eigenvalue weighted by molar-refractivity contribution is 0.0662. The number of ether oxygens (including phenoxy) is 1. The largest absolute Gasteiger partial charge is 0.490 e. The molecule has 0 saturated carbocycles. The molecule has 0 aliphatic carbocycles. The Labute approximate surface area is 194 Å². The fraction of sp³-hybridized carbons (Fsp3) is 0.320. The van der Waals surface area contributed by atoms with Crippen LogP contribution >= 0.6 is 11.3 Å². The number of rotatable bonds is 4. The Morgan fingerprint density at radius 3 is 2.52 bits per heavy atom. The van der Waals surface area contributed by atoms with E-state index in [2.05, 4.69) is 21.9 Å². The molecule has 2 aliphatic rings. The van der Waals surface area contributed by atoms with Crippen LogP contribution in [0.4, 0.5) is 4.39 Å². The molecule has 6 nitrogen and oxygen atoms in total. The fourth-order valence-electron chi connectivity index (χ4n) is 5.08. The van der Waals surface area contributed by atoms with Crippen LogP contribution in [0, 0.1) is 5.82 Å². The maximum atomic E-state index is 13.2. The molecule has 2 fully saturated rings. The number of pyridine rings is 1. The third-order valence-electron chi connectivity index (χ3n) is 6.89. The fourth-order valence-corrected chi connectivity index (χ4v) is 6.10. The Bertz CT molecular complexity index is 1350. The summed E-state index contributed by atoms with van der Waals surface area (Å²) < 4.78 is 21.5. The quantitative estimate of drug-likeness (QED) is 0.442. The van der Waals surface area contributed by atoms with Gasteiger partial charge in [-0.1, -0.05) is 0 Å². The van der Waals surface area contributed by atoms with Crippen molar-refractivity contribution >= 4 is 21.6 Å². The van der Waals surface area contributed by atoms with Crippen molar-refractivity contribution in [1.82, 2.24) is 19.4 Å². The van der Waals surface area contributed by atoms with Crippen molar-refractivity contribution in [2.75, 3.05) is 7.05 Å². The van der Waals surface area contributed by atoms with E-state index < -0.39 is 5.82 Å². The molecule has 1 aromatic carbocycles. The summed E-state index contributed by atoms with van der Waals surface area (Å²) in [6.07, 6.45) is 7.63. The van der Waals surface area contributed by atoms with Crippen molar-refractivity contribution in [3.8, 4) is 22.0 Å². The number of thiophene rings is 1. The number of benzene rings is 1. The molecule has 0 N–H and O–H groups in total. The molecule has 4 aromatic rings. The van der Waals surface area contributed by atoms with Crippen LogP contribution in [0.2, 0.25) is 0 Å². The highest BCUT2D eigenvalue weighted by Crippen LogP contribution is 2.36. The summed E-state index contributed by atoms with van der Waals surface area (Å²) in [5, 5.41) is 0. The van der Waals surface area contributed by atoms with Gasteiger partial charge in [-0.2, -0.15) is 0 Å². The Balaban J connectivity index is 1.24. The smallest absolute Gasteiger partial charge is 0.275 e. The van der Waals surface area contributed by atoms with E-state index in [1.165, 1.54) is 36.4 Å². The highest BCUT2D eigenvalue weighted by Gasteiger charge is 2.39. The van der Waals surface area contributed by atoms with E-state index in [9.17, 15) is 9.18 Å². The van der Waals surface area contributed by atoms with E-state index in [0.717, 1.165) is 29.2 Å². The van der Waals surface area contributed by atoms with Gasteiger partial charge < -0.3 is 9.64 Å². The zero-order chi connectivity index (χ0) is 22.5. The molecule has 5 heterocycles. The van der Waals surface area contributed by atoms with Crippen LogP contribution in [-0.2, 0) is 0 Å². The number of nitrogens with zero attached hydrogens (tertiary/aromatic N) is 4. The molecular weight excluding hydrogens is 439 g/mol. The number of fused-ring (bicyclic) bond motifs is 3. The normalized spacial score (nSPS) is 22.7. The van der Waals surface area contributed by atoms with Crippen molar-refractivity contribution in [3.63, 3.8) is 0 Å². The summed E-state index contributed by atoms with van der Waals surface area (Å²) >= 11 is 1.32. The summed E-state index contributed by atoms with van der Waals surface area (Å²) in [5.74, 6) is 0.437. The standard InChI is InChI=1S/C25H23FN4O2S/c1-29-17-3-4-18(29)11-20(10-17)32-19-7-5-16(6-8-19)30-14-28-22-12-23(33-24(22)25(30)31)21-9-2-15(26)13-27-21/h2,5-9,12-14,17-18,20H,3-4,10-11H2,1H3/t17-,18+,20?. The molecule has 0 radical (unpaired) electrons. The van der Waals surface area contributed by atoms with Crippen molar-refractivity contribution in [2.45, 2.75) is 43.9 Å². The van der Waals surface area contributed by atoms with Crippen molar-refractivity contribution in [2.24, 2.45) is 0 Å². The van der Waals surface area contributed by atoms with Gasteiger partial charge in [0.25, 0.3) is 5.56 Å². The minimum Gasteiger partial charge on any atom is -0.490 e. The summed E-state index contributed by atoms with van der Waals surface area (Å²) in [7, 11) is 2.22. The first kappa shape index (κ1) is 20.5. The van der Waals surface area contributed by atoms with Gasteiger partial charge >= 0.3 is 0 Å². The Morgan fingerprint density at radius 2 is 1.82 bits per heavy atom. The molecular formula is C25H23FN4O2S. The second-order valence-electron chi connectivity index (χ2n) is 8.86. The van der Waals surface area contributed by atoms with E-state index in [0.29, 0.717) is 28.0 Å². The lowest BCUT2D eigenvalue weighted by Gasteiger charge is -2.36. The average molecular weight is 463 g/mol. The number of aromatic nitrogens is 3. The number of halogens is 1. The van der Waals surface area contributed by atoms with Gasteiger partial charge in [0.2, 0.25) is 0 Å². The zero-order valence-corrected chi connectivity index (χ0v) is 19.0. The first-order valence-corrected chi connectivity index (χ1v) is 12.0. The predicted octanol–water partition coefficient (Wildman–Crippen LogP) is 4.65. The Hall–Kier alpha value is -3.10. The first-order chi connectivity index (χ1) is 16.0. The molecule has 6 rings (SSSR count). The number of hydrogen-bond acceptors (Lipinski definition) is 6. The second kappa shape index (κ2) is 8.04. The van der Waals surface area contributed by atoms with Crippen molar-refractivity contribution in [1.29, 1.82) is 0 Å². The Morgan fingerprint density at radius 1 is 1.06 bits per heavy atom. The van der Waals surface area contributed by atoms with Crippen molar-refractivity contribution < 1.29 is 9.13 Å². The summed E-state index contributed by atoms with van der Waals surface area (Å²) in [5.41, 5.74) is 1.83. The Kier molecular flexibility index (Phi) is 4.99. The lowest BCUT2D eigenvalue weighted by atomic mass is 10.0. The van der Waals surface area contributed by atoms with Crippen LogP contribution in [-0.4, -0.2) is 44.7 Å². The van der Waals surface area contributed by atoms with E-state index in [4.69, 9.17) is 4.74 Å². The maximum Gasteiger partial charge on any atom is 0.275 e. The average Bonchev–Trinajstić information content (AvgIpc) is 3.33. The molecule has 33 heavy (non-hydrogen) atoms. The molecule has 2 saturated heterocycles. The van der Waals surface area contributed by atoms with E-state index >= 15 is 0 Å². The molecule has 8 heteroatoms. The molecule has 3 atom stereocenters. The number of piperidine rings is 1.